The van der Waals surface area contributed by atoms with Crippen molar-refractivity contribution >= 4 is 27.3 Å². The molecule has 1 aromatic carbocycles. The maximum Gasteiger partial charge on any atom is 0.417 e. The molecule has 0 aliphatic carbocycles. The van der Waals surface area contributed by atoms with E-state index < -0.39 is 43.4 Å². The molecule has 0 saturated carbocycles. The predicted molar refractivity (Wildman–Crippen MR) is 90.7 cm³/mol. The van der Waals surface area contributed by atoms with Gasteiger partial charge >= 0.3 is 6.18 Å². The second-order valence-electron chi connectivity index (χ2n) is 5.51. The van der Waals surface area contributed by atoms with E-state index in [1.807, 2.05) is 4.72 Å². The Bertz CT molecular complexity index is 1130. The van der Waals surface area contributed by atoms with E-state index in [2.05, 4.69) is 4.98 Å². The monoisotopic (exact) mass is 437 g/mol. The summed E-state index contributed by atoms with van der Waals surface area (Å²) in [5.41, 5.74) is -1.48. The number of nitrogens with one attached hydrogen (secondary N) is 1. The smallest absolute Gasteiger partial charge is 0.289 e. The van der Waals surface area contributed by atoms with Crippen molar-refractivity contribution in [2.75, 3.05) is 4.72 Å². The predicted octanol–water partition coefficient (Wildman–Crippen LogP) is 4.62. The minimum Gasteiger partial charge on any atom is -0.289 e. The van der Waals surface area contributed by atoms with E-state index in [-0.39, 0.29) is 11.5 Å². The Hall–Kier alpha value is -2.66. The van der Waals surface area contributed by atoms with Crippen molar-refractivity contribution < 1.29 is 30.4 Å². The Labute approximate surface area is 160 Å². The number of halogens is 6. The number of hydrogen-bond acceptors (Lipinski definition) is 3. The van der Waals surface area contributed by atoms with Crippen molar-refractivity contribution in [3.05, 3.63) is 71.0 Å². The van der Waals surface area contributed by atoms with Crippen molar-refractivity contribution in [2.24, 2.45) is 0 Å². The van der Waals surface area contributed by atoms with Gasteiger partial charge in [-0.1, -0.05) is 11.6 Å². The molecule has 0 fully saturated rings. The van der Waals surface area contributed by atoms with Gasteiger partial charge in [-0.15, -0.1) is 0 Å². The molecule has 5 nitrogen and oxygen atoms in total. The molecule has 0 amide bonds. The molecule has 28 heavy (non-hydrogen) atoms. The largest absolute Gasteiger partial charge is 0.417 e. The Morgan fingerprint density at radius 3 is 2.29 bits per heavy atom. The van der Waals surface area contributed by atoms with Gasteiger partial charge in [0, 0.05) is 18.5 Å². The average Bonchev–Trinajstić information content (AvgIpc) is 3.02. The molecule has 2 aromatic heterocycles. The molecule has 148 valence electrons. The van der Waals surface area contributed by atoms with Gasteiger partial charge in [0.1, 0.15) is 11.6 Å². The van der Waals surface area contributed by atoms with Gasteiger partial charge in [0.25, 0.3) is 10.0 Å². The number of anilines is 1. The van der Waals surface area contributed by atoms with Crippen LogP contribution in [0.15, 0.2) is 53.8 Å². The number of benzene rings is 1. The van der Waals surface area contributed by atoms with Crippen LogP contribution in [-0.4, -0.2) is 18.0 Å². The van der Waals surface area contributed by atoms with E-state index in [1.165, 1.54) is 12.3 Å². The Kier molecular flexibility index (Phi) is 5.06. The lowest BCUT2D eigenvalue weighted by molar-refractivity contribution is -0.137. The molecule has 12 heteroatoms. The number of sulfonamides is 1. The van der Waals surface area contributed by atoms with E-state index >= 15 is 0 Å². The van der Waals surface area contributed by atoms with Gasteiger partial charge in [0.15, 0.2) is 10.8 Å². The van der Waals surface area contributed by atoms with Crippen molar-refractivity contribution in [2.45, 2.75) is 11.2 Å². The summed E-state index contributed by atoms with van der Waals surface area (Å²) in [7, 11) is -4.38. The lowest BCUT2D eigenvalue weighted by atomic mass is 10.3. The molecule has 1 N–H and O–H groups in total. The number of alkyl halides is 3. The van der Waals surface area contributed by atoms with Crippen LogP contribution >= 0.6 is 11.6 Å². The molecule has 0 radical (unpaired) electrons. The average molecular weight is 438 g/mol. The summed E-state index contributed by atoms with van der Waals surface area (Å²) in [6.45, 7) is 0. The molecular formula is C16H9ClF5N3O2S. The summed E-state index contributed by atoms with van der Waals surface area (Å²) in [4.78, 5) is 3.60. The number of hydrogen-bond donors (Lipinski definition) is 1. The highest BCUT2D eigenvalue weighted by Crippen LogP contribution is 2.32. The van der Waals surface area contributed by atoms with Crippen molar-refractivity contribution in [3.8, 4) is 5.82 Å². The number of pyridine rings is 1. The van der Waals surface area contributed by atoms with E-state index in [4.69, 9.17) is 11.6 Å². The highest BCUT2D eigenvalue weighted by molar-refractivity contribution is 7.92. The van der Waals surface area contributed by atoms with Crippen molar-refractivity contribution in [1.29, 1.82) is 0 Å². The zero-order valence-electron chi connectivity index (χ0n) is 13.5. The topological polar surface area (TPSA) is 64.0 Å². The minimum atomic E-state index is -4.68. The van der Waals surface area contributed by atoms with Crippen LogP contribution in [0.3, 0.4) is 0 Å². The van der Waals surface area contributed by atoms with E-state index in [1.54, 1.807) is 0 Å². The Morgan fingerprint density at radius 2 is 1.71 bits per heavy atom. The molecule has 2 heterocycles. The van der Waals surface area contributed by atoms with Gasteiger partial charge in [-0.2, -0.15) is 21.6 Å². The highest BCUT2D eigenvalue weighted by atomic mass is 35.5. The fraction of sp³-hybridized carbons (Fsp3) is 0.0625. The lowest BCUT2D eigenvalue weighted by Gasteiger charge is -2.14. The van der Waals surface area contributed by atoms with Crippen molar-refractivity contribution in [1.82, 2.24) is 9.55 Å². The van der Waals surface area contributed by atoms with Gasteiger partial charge in [0.05, 0.1) is 16.3 Å². The number of aromatic nitrogens is 2. The Balaban J connectivity index is 2.02. The Morgan fingerprint density at radius 1 is 1.07 bits per heavy atom. The minimum absolute atomic E-state index is 0.273. The second kappa shape index (κ2) is 7.06. The molecular weight excluding hydrogens is 429 g/mol. The molecule has 0 unspecified atom stereocenters. The third kappa shape index (κ3) is 4.09. The first-order valence-corrected chi connectivity index (χ1v) is 9.23. The summed E-state index contributed by atoms with van der Waals surface area (Å²) in [6, 6.07) is 5.10. The molecule has 0 spiro atoms. The quantitative estimate of drug-likeness (QED) is 0.606. The number of nitrogens with zero attached hydrogens (tertiary/aromatic N) is 2. The molecule has 0 aliphatic heterocycles. The first-order valence-electron chi connectivity index (χ1n) is 7.37. The van der Waals surface area contributed by atoms with Crippen LogP contribution in [0.5, 0.6) is 0 Å². The van der Waals surface area contributed by atoms with Gasteiger partial charge < -0.3 is 0 Å². The van der Waals surface area contributed by atoms with Gasteiger partial charge in [0.2, 0.25) is 0 Å². The maximum atomic E-state index is 13.3. The molecule has 0 aliphatic rings. The second-order valence-corrected chi connectivity index (χ2v) is 7.54. The van der Waals surface area contributed by atoms with Crippen molar-refractivity contribution in [3.63, 3.8) is 0 Å². The zero-order chi connectivity index (χ0) is 20.7. The third-order valence-corrected chi connectivity index (χ3v) is 5.14. The summed E-state index contributed by atoms with van der Waals surface area (Å²) >= 11 is 5.85. The zero-order valence-corrected chi connectivity index (χ0v) is 15.1. The van der Waals surface area contributed by atoms with Crippen LogP contribution in [0, 0.1) is 11.6 Å². The SMILES string of the molecule is O=S(=O)(Nc1cc(F)cc(F)c1)c1cccn1-c1ncc(C(F)(F)F)cc1Cl. The summed E-state index contributed by atoms with van der Waals surface area (Å²) in [5, 5.41) is -0.898. The normalized spacial score (nSPS) is 12.2. The molecule has 0 saturated heterocycles. The summed E-state index contributed by atoms with van der Waals surface area (Å²) in [6.07, 6.45) is -2.96. The molecule has 3 rings (SSSR count). The number of rotatable bonds is 4. The van der Waals surface area contributed by atoms with E-state index in [0.29, 0.717) is 18.3 Å². The lowest BCUT2D eigenvalue weighted by Crippen LogP contribution is -2.17. The van der Waals surface area contributed by atoms with Crippen LogP contribution in [0.1, 0.15) is 5.56 Å². The van der Waals surface area contributed by atoms with Crippen LogP contribution in [0.25, 0.3) is 5.82 Å². The van der Waals surface area contributed by atoms with Crippen LogP contribution < -0.4 is 4.72 Å². The fourth-order valence-corrected chi connectivity index (χ4v) is 3.80. The highest BCUT2D eigenvalue weighted by Gasteiger charge is 2.32. The third-order valence-electron chi connectivity index (χ3n) is 3.48. The first kappa shape index (κ1) is 20.1. The summed E-state index contributed by atoms with van der Waals surface area (Å²) < 4.78 is 92.9. The van der Waals surface area contributed by atoms with Gasteiger partial charge in [-0.05, 0) is 30.3 Å². The van der Waals surface area contributed by atoms with Gasteiger partial charge in [-0.25, -0.2) is 13.8 Å². The van der Waals surface area contributed by atoms with E-state index in [0.717, 1.165) is 22.8 Å². The molecule has 0 bridgehead atoms. The van der Waals surface area contributed by atoms with Crippen LogP contribution in [0.2, 0.25) is 5.02 Å². The fourth-order valence-electron chi connectivity index (χ4n) is 2.34. The standard InChI is InChI=1S/C16H9ClF5N3O2S/c17-13-4-9(16(20,21)22)8-23-15(13)25-3-1-2-14(25)28(26,27)24-12-6-10(18)5-11(19)7-12/h1-8,24H. The molecule has 0 atom stereocenters. The van der Waals surface area contributed by atoms with Crippen LogP contribution in [0.4, 0.5) is 27.6 Å². The van der Waals surface area contributed by atoms with Crippen LogP contribution in [-0.2, 0) is 16.2 Å². The maximum absolute atomic E-state index is 13.3. The van der Waals surface area contributed by atoms with E-state index in [9.17, 15) is 30.4 Å². The first-order chi connectivity index (χ1) is 13.0. The summed E-state index contributed by atoms with van der Waals surface area (Å²) in [5.74, 6) is -2.27. The van der Waals surface area contributed by atoms with Gasteiger partial charge in [-0.3, -0.25) is 9.29 Å². The molecule has 3 aromatic rings.